The molecule has 0 saturated heterocycles. The Balaban J connectivity index is 2.04. The average molecular weight is 431 g/mol. The number of para-hydroxylation sites is 2. The largest absolute Gasteiger partial charge is 0.507 e. The van der Waals surface area contributed by atoms with Crippen LogP contribution in [0.4, 0.5) is 0 Å². The van der Waals surface area contributed by atoms with Gasteiger partial charge in [-0.15, -0.1) is 0 Å². The zero-order valence-corrected chi connectivity index (χ0v) is 20.0. The number of carbonyl (C=O) groups excluding carboxylic acids is 1. The Bertz CT molecular complexity index is 1060. The molecule has 0 bridgehead atoms. The minimum Gasteiger partial charge on any atom is -0.507 e. The van der Waals surface area contributed by atoms with Crippen molar-refractivity contribution in [3.05, 3.63) is 82.4 Å². The minimum absolute atomic E-state index is 0.0226. The van der Waals surface area contributed by atoms with Crippen molar-refractivity contribution >= 4 is 6.29 Å². The van der Waals surface area contributed by atoms with E-state index < -0.39 is 0 Å². The van der Waals surface area contributed by atoms with Gasteiger partial charge in [0, 0.05) is 11.1 Å². The number of hydrogen-bond donors (Lipinski definition) is 1. The van der Waals surface area contributed by atoms with Crippen LogP contribution in [-0.4, -0.2) is 11.4 Å². The second-order valence-electron chi connectivity index (χ2n) is 9.29. The Labute approximate surface area is 192 Å². The molecule has 0 amide bonds. The van der Waals surface area contributed by atoms with Crippen molar-refractivity contribution in [3.8, 4) is 22.6 Å². The van der Waals surface area contributed by atoms with Gasteiger partial charge in [0.05, 0.1) is 5.56 Å². The third-order valence-corrected chi connectivity index (χ3v) is 6.00. The summed E-state index contributed by atoms with van der Waals surface area (Å²) in [6.07, 6.45) is 0.669. The molecule has 3 aromatic rings. The first-order chi connectivity index (χ1) is 15.2. The third-order valence-electron chi connectivity index (χ3n) is 6.00. The zero-order valence-electron chi connectivity index (χ0n) is 20.0. The van der Waals surface area contributed by atoms with Gasteiger partial charge < -0.3 is 9.84 Å². The van der Waals surface area contributed by atoms with E-state index in [9.17, 15) is 9.90 Å². The molecule has 0 unspecified atom stereocenters. The summed E-state index contributed by atoms with van der Waals surface area (Å²) in [6.45, 7) is 13.8. The maximum Gasteiger partial charge on any atom is 0.153 e. The van der Waals surface area contributed by atoms with Crippen molar-refractivity contribution in [3.63, 3.8) is 0 Å². The number of carbonyl (C=O) groups is 1. The van der Waals surface area contributed by atoms with Crippen molar-refractivity contribution < 1.29 is 14.6 Å². The summed E-state index contributed by atoms with van der Waals surface area (Å²) in [5, 5.41) is 10.6. The van der Waals surface area contributed by atoms with E-state index in [4.69, 9.17) is 4.74 Å². The van der Waals surface area contributed by atoms with Crippen molar-refractivity contribution in [1.29, 1.82) is 0 Å². The predicted octanol–water partition coefficient (Wildman–Crippen LogP) is 7.82. The van der Waals surface area contributed by atoms with E-state index in [0.717, 1.165) is 5.56 Å². The maximum absolute atomic E-state index is 11.3. The molecule has 3 rings (SSSR count). The Morgan fingerprint density at radius 1 is 0.812 bits per heavy atom. The Hall–Kier alpha value is -3.07. The summed E-state index contributed by atoms with van der Waals surface area (Å²) >= 11 is 0. The molecular formula is C29H34O3. The van der Waals surface area contributed by atoms with Gasteiger partial charge in [-0.05, 0) is 52.1 Å². The van der Waals surface area contributed by atoms with Gasteiger partial charge in [0.1, 0.15) is 18.1 Å². The lowest BCUT2D eigenvalue weighted by molar-refractivity contribution is 0.112. The van der Waals surface area contributed by atoms with Gasteiger partial charge in [0.25, 0.3) is 0 Å². The van der Waals surface area contributed by atoms with E-state index in [1.54, 1.807) is 18.2 Å². The van der Waals surface area contributed by atoms with Gasteiger partial charge in [-0.25, -0.2) is 0 Å². The molecule has 3 aromatic carbocycles. The summed E-state index contributed by atoms with van der Waals surface area (Å²) in [4.78, 5) is 11.3. The highest BCUT2D eigenvalue weighted by atomic mass is 16.5. The molecule has 3 nitrogen and oxygen atoms in total. The van der Waals surface area contributed by atoms with E-state index in [-0.39, 0.29) is 11.3 Å². The first-order valence-corrected chi connectivity index (χ1v) is 11.4. The Morgan fingerprint density at radius 3 is 1.97 bits per heavy atom. The summed E-state index contributed by atoms with van der Waals surface area (Å²) in [6, 6.07) is 17.5. The Morgan fingerprint density at radius 2 is 1.41 bits per heavy atom. The Kier molecular flexibility index (Phi) is 7.40. The molecule has 0 aliphatic rings. The summed E-state index contributed by atoms with van der Waals surface area (Å²) in [7, 11) is 0. The first kappa shape index (κ1) is 23.6. The molecule has 0 saturated carbocycles. The fourth-order valence-electron chi connectivity index (χ4n) is 4.11. The van der Waals surface area contributed by atoms with Crippen molar-refractivity contribution in [1.82, 2.24) is 0 Å². The number of rotatable bonds is 8. The van der Waals surface area contributed by atoms with Crippen LogP contribution in [0.2, 0.25) is 0 Å². The lowest BCUT2D eigenvalue weighted by Crippen LogP contribution is -2.09. The van der Waals surface area contributed by atoms with Crippen LogP contribution >= 0.6 is 0 Å². The van der Waals surface area contributed by atoms with Gasteiger partial charge in [0.15, 0.2) is 6.29 Å². The highest BCUT2D eigenvalue weighted by Gasteiger charge is 2.19. The molecule has 32 heavy (non-hydrogen) atoms. The molecule has 3 heteroatoms. The molecule has 0 fully saturated rings. The quantitative estimate of drug-likeness (QED) is 0.371. The number of benzene rings is 3. The van der Waals surface area contributed by atoms with E-state index in [1.807, 2.05) is 24.3 Å². The SMILES string of the molecule is CC(C)c1cc(C(C)C)c(COc2ccccc2-c2cccc(C=O)c2O)c(C(C)C)c1. The topological polar surface area (TPSA) is 46.5 Å². The molecule has 0 aliphatic heterocycles. The van der Waals surface area contributed by atoms with E-state index in [1.165, 1.54) is 22.3 Å². The van der Waals surface area contributed by atoms with Gasteiger partial charge in [-0.1, -0.05) is 84.0 Å². The molecule has 1 N–H and O–H groups in total. The van der Waals surface area contributed by atoms with Gasteiger partial charge in [0.2, 0.25) is 0 Å². The van der Waals surface area contributed by atoms with Crippen molar-refractivity contribution in [2.24, 2.45) is 0 Å². The highest BCUT2D eigenvalue weighted by Crippen LogP contribution is 2.38. The molecule has 0 heterocycles. The molecule has 0 aliphatic carbocycles. The molecule has 0 spiro atoms. The smallest absolute Gasteiger partial charge is 0.153 e. The molecule has 0 radical (unpaired) electrons. The molecule has 0 aromatic heterocycles. The minimum atomic E-state index is -0.0226. The van der Waals surface area contributed by atoms with E-state index in [2.05, 4.69) is 53.7 Å². The second kappa shape index (κ2) is 10.0. The van der Waals surface area contributed by atoms with Crippen LogP contribution in [0, 0.1) is 0 Å². The van der Waals surface area contributed by atoms with Crippen LogP contribution in [0.3, 0.4) is 0 Å². The van der Waals surface area contributed by atoms with Crippen LogP contribution < -0.4 is 4.74 Å². The number of phenols is 1. The van der Waals surface area contributed by atoms with Crippen LogP contribution in [0.5, 0.6) is 11.5 Å². The van der Waals surface area contributed by atoms with Gasteiger partial charge >= 0.3 is 0 Å². The van der Waals surface area contributed by atoms with Crippen LogP contribution in [0.25, 0.3) is 11.1 Å². The average Bonchev–Trinajstić information content (AvgIpc) is 2.77. The van der Waals surface area contributed by atoms with Gasteiger partial charge in [-0.3, -0.25) is 4.79 Å². The van der Waals surface area contributed by atoms with Gasteiger partial charge in [-0.2, -0.15) is 0 Å². The lowest BCUT2D eigenvalue weighted by atomic mass is 9.85. The zero-order chi connectivity index (χ0) is 23.4. The number of ether oxygens (including phenoxy) is 1. The highest BCUT2D eigenvalue weighted by molar-refractivity contribution is 5.87. The molecule has 0 atom stereocenters. The lowest BCUT2D eigenvalue weighted by Gasteiger charge is -2.23. The number of phenolic OH excluding ortho intramolecular Hbond substituents is 1. The van der Waals surface area contributed by atoms with Crippen LogP contribution in [0.15, 0.2) is 54.6 Å². The monoisotopic (exact) mass is 430 g/mol. The van der Waals surface area contributed by atoms with E-state index >= 15 is 0 Å². The number of aldehydes is 1. The van der Waals surface area contributed by atoms with E-state index in [0.29, 0.717) is 42.0 Å². The number of hydrogen-bond acceptors (Lipinski definition) is 3. The maximum atomic E-state index is 11.3. The summed E-state index contributed by atoms with van der Waals surface area (Å²) in [5.74, 6) is 1.89. The van der Waals surface area contributed by atoms with Crippen molar-refractivity contribution in [2.45, 2.75) is 65.9 Å². The van der Waals surface area contributed by atoms with Crippen molar-refractivity contribution in [2.75, 3.05) is 0 Å². The van der Waals surface area contributed by atoms with Crippen LogP contribution in [-0.2, 0) is 6.61 Å². The third kappa shape index (κ3) is 4.88. The standard InChI is InChI=1S/C29H34O3/c1-18(2)22-14-25(19(3)4)27(26(15-22)20(5)6)17-32-28-13-8-7-11-23(28)24-12-9-10-21(16-30)29(24)31/h7-16,18-20,31H,17H2,1-6H3. The number of aromatic hydroxyl groups is 1. The fraction of sp³-hybridized carbons (Fsp3) is 0.345. The normalized spacial score (nSPS) is 11.4. The first-order valence-electron chi connectivity index (χ1n) is 11.4. The van der Waals surface area contributed by atoms with Crippen LogP contribution in [0.1, 0.15) is 91.9 Å². The predicted molar refractivity (Wildman–Crippen MR) is 132 cm³/mol. The molecule has 168 valence electrons. The summed E-state index contributed by atoms with van der Waals surface area (Å²) < 4.78 is 6.39. The fourth-order valence-corrected chi connectivity index (χ4v) is 4.11. The second-order valence-corrected chi connectivity index (χ2v) is 9.29. The summed E-state index contributed by atoms with van der Waals surface area (Å²) in [5.41, 5.74) is 6.87. The molecular weight excluding hydrogens is 396 g/mol.